The third-order valence-electron chi connectivity index (χ3n) is 7.73. The van der Waals surface area contributed by atoms with Crippen LogP contribution in [-0.2, 0) is 16.0 Å². The number of carbonyl (C=O) groups excluding carboxylic acids is 2. The van der Waals surface area contributed by atoms with Gasteiger partial charge in [0.05, 0.1) is 17.6 Å². The third kappa shape index (κ3) is 5.57. The fraction of sp³-hybridized carbons (Fsp3) is 0.792. The number of thioether (sulfide) groups is 1. The summed E-state index contributed by atoms with van der Waals surface area (Å²) < 4.78 is 0. The topological polar surface area (TPSA) is 85.8 Å². The molecule has 0 bridgehead atoms. The molecule has 0 spiro atoms. The first-order valence-corrected chi connectivity index (χ1v) is 14.1. The number of thiazole rings is 1. The molecule has 2 aliphatic rings. The maximum Gasteiger partial charge on any atom is 0.236 e. The van der Waals surface area contributed by atoms with Gasteiger partial charge in [0.2, 0.25) is 11.8 Å². The Kier molecular flexibility index (Phi) is 8.51. The fourth-order valence-corrected chi connectivity index (χ4v) is 7.49. The van der Waals surface area contributed by atoms with E-state index in [9.17, 15) is 14.7 Å². The zero-order valence-electron chi connectivity index (χ0n) is 21.1. The highest BCUT2D eigenvalue weighted by molar-refractivity contribution is 7.99. The van der Waals surface area contributed by atoms with E-state index >= 15 is 0 Å². The van der Waals surface area contributed by atoms with Gasteiger partial charge < -0.3 is 20.2 Å². The van der Waals surface area contributed by atoms with E-state index in [1.54, 1.807) is 16.2 Å². The van der Waals surface area contributed by atoms with E-state index in [-0.39, 0.29) is 40.9 Å². The molecule has 1 saturated carbocycles. The number of aliphatic hydroxyl groups is 1. The number of rotatable bonds is 8. The number of likely N-dealkylation sites (N-methyl/N-ethyl adjacent to an activating group) is 2. The third-order valence-corrected chi connectivity index (χ3v) is 9.27. The molecule has 186 valence electrons. The number of nitrogens with zero attached hydrogens (tertiary/aromatic N) is 3. The first-order chi connectivity index (χ1) is 15.5. The molecule has 0 aromatic carbocycles. The summed E-state index contributed by atoms with van der Waals surface area (Å²) in [4.78, 5) is 35.0. The highest BCUT2D eigenvalue weighted by Crippen LogP contribution is 2.57. The van der Waals surface area contributed by atoms with Gasteiger partial charge >= 0.3 is 0 Å². The van der Waals surface area contributed by atoms with Gasteiger partial charge in [0.1, 0.15) is 0 Å². The molecule has 1 aromatic heterocycles. The van der Waals surface area contributed by atoms with Gasteiger partial charge in [-0.1, -0.05) is 20.8 Å². The van der Waals surface area contributed by atoms with E-state index in [0.717, 1.165) is 31.5 Å². The molecule has 1 heterocycles. The van der Waals surface area contributed by atoms with Gasteiger partial charge in [0.25, 0.3) is 0 Å². The number of hydrogen-bond donors (Lipinski definition) is 2. The number of fused-ring (bicyclic) bond motifs is 2. The standard InChI is InChI=1S/C24H40N4O3S2/c1-14(22(31)28(6)11-10-27(4)5)16-8-9-24(3)12-17-20(15(2)19(24)21(16)30)26-23(33-17)25-18(29)13-32-7/h14-16,19,21,30H,8-13H2,1-7H3,(H,25,26,29). The second-order valence-electron chi connectivity index (χ2n) is 10.5. The molecule has 2 N–H and O–H groups in total. The zero-order chi connectivity index (χ0) is 24.5. The number of hydrogen-bond acceptors (Lipinski definition) is 7. The van der Waals surface area contributed by atoms with Gasteiger partial charge in [-0.15, -0.1) is 11.3 Å². The van der Waals surface area contributed by atoms with E-state index in [2.05, 4.69) is 24.1 Å². The predicted octanol–water partition coefficient (Wildman–Crippen LogP) is 3.15. The second kappa shape index (κ2) is 10.6. The summed E-state index contributed by atoms with van der Waals surface area (Å²) in [6.45, 7) is 7.91. The van der Waals surface area contributed by atoms with Gasteiger partial charge in [-0.25, -0.2) is 4.98 Å². The van der Waals surface area contributed by atoms with Crippen molar-refractivity contribution < 1.29 is 14.7 Å². The molecule has 0 saturated heterocycles. The lowest BCUT2D eigenvalue weighted by atomic mass is 9.53. The molecule has 3 rings (SSSR count). The molecule has 9 heteroatoms. The van der Waals surface area contributed by atoms with Crippen LogP contribution in [0.2, 0.25) is 0 Å². The first-order valence-electron chi connectivity index (χ1n) is 11.8. The maximum absolute atomic E-state index is 13.1. The predicted molar refractivity (Wildman–Crippen MR) is 137 cm³/mol. The monoisotopic (exact) mass is 496 g/mol. The highest BCUT2D eigenvalue weighted by atomic mass is 32.2. The minimum Gasteiger partial charge on any atom is -0.392 e. The molecule has 6 atom stereocenters. The van der Waals surface area contributed by atoms with Gasteiger partial charge in [-0.3, -0.25) is 9.59 Å². The van der Waals surface area contributed by atoms with Crippen LogP contribution in [-0.4, -0.2) is 84.0 Å². The Balaban J connectivity index is 1.77. The Morgan fingerprint density at radius 3 is 2.67 bits per heavy atom. The average molecular weight is 497 g/mol. The maximum atomic E-state index is 13.1. The van der Waals surface area contributed by atoms with Crippen LogP contribution in [0.15, 0.2) is 0 Å². The van der Waals surface area contributed by atoms with E-state index in [1.165, 1.54) is 16.6 Å². The van der Waals surface area contributed by atoms with Crippen LogP contribution in [0.5, 0.6) is 0 Å². The van der Waals surface area contributed by atoms with Gasteiger partial charge in [-0.05, 0) is 56.9 Å². The highest BCUT2D eigenvalue weighted by Gasteiger charge is 2.54. The van der Waals surface area contributed by atoms with E-state index in [1.807, 2.05) is 34.3 Å². The molecule has 0 aliphatic heterocycles. The first kappa shape index (κ1) is 26.4. The summed E-state index contributed by atoms with van der Waals surface area (Å²) >= 11 is 3.06. The van der Waals surface area contributed by atoms with Crippen LogP contribution < -0.4 is 5.32 Å². The van der Waals surface area contributed by atoms with Crippen LogP contribution >= 0.6 is 23.1 Å². The van der Waals surface area contributed by atoms with Gasteiger partial charge in [-0.2, -0.15) is 11.8 Å². The van der Waals surface area contributed by atoms with Crippen molar-refractivity contribution in [1.29, 1.82) is 0 Å². The second-order valence-corrected chi connectivity index (χ2v) is 12.4. The summed E-state index contributed by atoms with van der Waals surface area (Å²) in [5.74, 6) is 0.338. The lowest BCUT2D eigenvalue weighted by molar-refractivity contribution is -0.143. The summed E-state index contributed by atoms with van der Waals surface area (Å²) in [6.07, 6.45) is 4.05. The minimum absolute atomic E-state index is 0.0318. The molecule has 7 nitrogen and oxygen atoms in total. The van der Waals surface area contributed by atoms with E-state index < -0.39 is 6.10 Å². The molecular weight excluding hydrogens is 456 g/mol. The number of nitrogens with one attached hydrogen (secondary N) is 1. The number of anilines is 1. The summed E-state index contributed by atoms with van der Waals surface area (Å²) in [7, 11) is 5.87. The Labute approximate surface area is 206 Å². The van der Waals surface area contributed by atoms with Crippen molar-refractivity contribution in [3.63, 3.8) is 0 Å². The van der Waals surface area contributed by atoms with E-state index in [0.29, 0.717) is 17.4 Å². The molecule has 2 aliphatic carbocycles. The Morgan fingerprint density at radius 1 is 1.33 bits per heavy atom. The molecule has 1 fully saturated rings. The Hall–Kier alpha value is -1.16. The van der Waals surface area contributed by atoms with Crippen molar-refractivity contribution in [1.82, 2.24) is 14.8 Å². The number of carbonyl (C=O) groups is 2. The SMILES string of the molecule is CSCC(=O)Nc1nc2c(s1)CC1(C)CCC(C(C)C(=O)N(C)CCN(C)C)C(O)C1C2C. The minimum atomic E-state index is -0.552. The lowest BCUT2D eigenvalue weighted by Crippen LogP contribution is -2.53. The van der Waals surface area contributed by atoms with Crippen molar-refractivity contribution in [3.8, 4) is 0 Å². The van der Waals surface area contributed by atoms with Crippen molar-refractivity contribution in [2.24, 2.45) is 23.2 Å². The molecule has 1 aromatic rings. The van der Waals surface area contributed by atoms with Gasteiger partial charge in [0.15, 0.2) is 5.13 Å². The van der Waals surface area contributed by atoms with Crippen molar-refractivity contribution in [2.75, 3.05) is 51.6 Å². The van der Waals surface area contributed by atoms with Gasteiger partial charge in [0, 0.05) is 36.9 Å². The van der Waals surface area contributed by atoms with Crippen molar-refractivity contribution >= 4 is 40.0 Å². The van der Waals surface area contributed by atoms with E-state index in [4.69, 9.17) is 4.98 Å². The smallest absolute Gasteiger partial charge is 0.236 e. The van der Waals surface area contributed by atoms with Crippen molar-refractivity contribution in [2.45, 2.75) is 52.1 Å². The quantitative estimate of drug-likeness (QED) is 0.575. The average Bonchev–Trinajstić information content (AvgIpc) is 3.12. The Morgan fingerprint density at radius 2 is 2.03 bits per heavy atom. The molecule has 0 radical (unpaired) electrons. The number of aliphatic hydroxyl groups excluding tert-OH is 1. The number of aromatic nitrogens is 1. The normalized spacial score (nSPS) is 29.8. The van der Waals surface area contributed by atoms with Crippen LogP contribution in [0.25, 0.3) is 0 Å². The van der Waals surface area contributed by atoms with Crippen LogP contribution in [0.3, 0.4) is 0 Å². The van der Waals surface area contributed by atoms with Crippen molar-refractivity contribution in [3.05, 3.63) is 10.6 Å². The summed E-state index contributed by atoms with van der Waals surface area (Å²) in [6, 6.07) is 0. The summed E-state index contributed by atoms with van der Waals surface area (Å²) in [5, 5.41) is 15.2. The van der Waals surface area contributed by atoms with Crippen LogP contribution in [0.4, 0.5) is 5.13 Å². The molecule has 6 unspecified atom stereocenters. The van der Waals surface area contributed by atoms with Crippen LogP contribution in [0, 0.1) is 23.2 Å². The lowest BCUT2D eigenvalue weighted by Gasteiger charge is -2.53. The molecular formula is C24H40N4O3S2. The summed E-state index contributed by atoms with van der Waals surface area (Å²) in [5.41, 5.74) is 0.971. The molecule has 33 heavy (non-hydrogen) atoms. The Bertz CT molecular complexity index is 861. The fourth-order valence-electron chi connectivity index (χ4n) is 5.88. The number of amides is 2. The zero-order valence-corrected chi connectivity index (χ0v) is 22.7. The van der Waals surface area contributed by atoms with Crippen LogP contribution in [0.1, 0.15) is 50.1 Å². The largest absolute Gasteiger partial charge is 0.392 e. The molecule has 2 amide bonds.